The zero-order chi connectivity index (χ0) is 14.7. The van der Waals surface area contributed by atoms with Gasteiger partial charge in [-0.05, 0) is 62.6 Å². The molecule has 116 valence electrons. The van der Waals surface area contributed by atoms with E-state index in [9.17, 15) is 0 Å². The highest BCUT2D eigenvalue weighted by molar-refractivity contribution is 5.32. The Morgan fingerprint density at radius 2 is 2.00 bits per heavy atom. The molecule has 1 saturated carbocycles. The Bertz CT molecular complexity index is 464. The molecule has 0 spiro atoms. The maximum atomic E-state index is 6.02. The lowest BCUT2D eigenvalue weighted by Crippen LogP contribution is -2.50. The predicted octanol–water partition coefficient (Wildman–Crippen LogP) is 4.04. The average molecular weight is 287 g/mol. The van der Waals surface area contributed by atoms with E-state index in [1.807, 2.05) is 7.11 Å². The summed E-state index contributed by atoms with van der Waals surface area (Å²) in [6.07, 6.45) is 10.2. The second-order valence-corrected chi connectivity index (χ2v) is 6.84. The van der Waals surface area contributed by atoms with Crippen LogP contribution in [0.4, 0.5) is 0 Å². The van der Waals surface area contributed by atoms with Gasteiger partial charge in [-0.3, -0.25) is 0 Å². The second-order valence-electron chi connectivity index (χ2n) is 6.84. The smallest absolute Gasteiger partial charge is 0.0831 e. The fourth-order valence-electron chi connectivity index (χ4n) is 4.65. The maximum Gasteiger partial charge on any atom is 0.0831 e. The number of rotatable bonds is 5. The molecule has 1 aromatic rings. The highest BCUT2D eigenvalue weighted by Crippen LogP contribution is 2.41. The highest BCUT2D eigenvalue weighted by Gasteiger charge is 2.42. The molecular weight excluding hydrogens is 258 g/mol. The minimum Gasteiger partial charge on any atom is -0.377 e. The van der Waals surface area contributed by atoms with Gasteiger partial charge in [0.1, 0.15) is 0 Å². The molecule has 2 unspecified atom stereocenters. The van der Waals surface area contributed by atoms with Gasteiger partial charge in [-0.1, -0.05) is 37.1 Å². The molecule has 0 bridgehead atoms. The first kappa shape index (κ1) is 15.1. The molecule has 0 heterocycles. The molecule has 0 radical (unpaired) electrons. The number of nitrogens with one attached hydrogen (secondary N) is 1. The number of benzene rings is 1. The summed E-state index contributed by atoms with van der Waals surface area (Å²) in [5.74, 6) is 0.694. The van der Waals surface area contributed by atoms with Gasteiger partial charge >= 0.3 is 0 Å². The predicted molar refractivity (Wildman–Crippen MR) is 87.8 cm³/mol. The van der Waals surface area contributed by atoms with Crippen LogP contribution >= 0.6 is 0 Å². The summed E-state index contributed by atoms with van der Waals surface area (Å²) >= 11 is 0. The third kappa shape index (κ3) is 2.89. The van der Waals surface area contributed by atoms with Crippen molar-refractivity contribution in [3.8, 4) is 0 Å². The molecule has 2 aliphatic rings. The summed E-state index contributed by atoms with van der Waals surface area (Å²) < 4.78 is 6.02. The van der Waals surface area contributed by atoms with Gasteiger partial charge in [0.05, 0.1) is 5.60 Å². The normalized spacial score (nSPS) is 25.5. The van der Waals surface area contributed by atoms with Crippen molar-refractivity contribution in [2.45, 2.75) is 68.9 Å². The molecule has 21 heavy (non-hydrogen) atoms. The Morgan fingerprint density at radius 1 is 1.24 bits per heavy atom. The van der Waals surface area contributed by atoms with E-state index in [4.69, 9.17) is 4.74 Å². The van der Waals surface area contributed by atoms with Crippen molar-refractivity contribution in [3.63, 3.8) is 0 Å². The number of likely N-dealkylation sites (N-methyl/N-ethyl adjacent to an activating group) is 1. The minimum absolute atomic E-state index is 0.0706. The number of aryl methyl sites for hydroxylation is 1. The van der Waals surface area contributed by atoms with Gasteiger partial charge in [0.2, 0.25) is 0 Å². The molecule has 1 N–H and O–H groups in total. The zero-order valence-electron chi connectivity index (χ0n) is 13.5. The highest BCUT2D eigenvalue weighted by atomic mass is 16.5. The van der Waals surface area contributed by atoms with Crippen LogP contribution < -0.4 is 5.32 Å². The van der Waals surface area contributed by atoms with E-state index < -0.39 is 0 Å². The molecule has 2 aliphatic carbocycles. The van der Waals surface area contributed by atoms with Crippen molar-refractivity contribution in [1.82, 2.24) is 5.32 Å². The molecule has 3 rings (SSSR count). The van der Waals surface area contributed by atoms with E-state index in [0.29, 0.717) is 12.0 Å². The van der Waals surface area contributed by atoms with Gasteiger partial charge in [-0.2, -0.15) is 0 Å². The van der Waals surface area contributed by atoms with Crippen LogP contribution in [-0.4, -0.2) is 25.8 Å². The average Bonchev–Trinajstić information content (AvgIpc) is 3.02. The van der Waals surface area contributed by atoms with Crippen LogP contribution in [0.5, 0.6) is 0 Å². The Morgan fingerprint density at radius 3 is 2.71 bits per heavy atom. The van der Waals surface area contributed by atoms with E-state index in [2.05, 4.69) is 36.6 Å². The van der Waals surface area contributed by atoms with Crippen molar-refractivity contribution >= 4 is 0 Å². The van der Waals surface area contributed by atoms with Crippen molar-refractivity contribution < 1.29 is 4.74 Å². The van der Waals surface area contributed by atoms with E-state index in [1.165, 1.54) is 51.4 Å². The fraction of sp³-hybridized carbons (Fsp3) is 0.684. The molecular formula is C19H29NO. The SMILES string of the molecule is CNC(CC1CCCc2ccccc21)C1(OC)CCCC1. The quantitative estimate of drug-likeness (QED) is 0.882. The summed E-state index contributed by atoms with van der Waals surface area (Å²) in [6, 6.07) is 9.52. The third-order valence-corrected chi connectivity index (χ3v) is 5.85. The van der Waals surface area contributed by atoms with Crippen LogP contribution in [-0.2, 0) is 11.2 Å². The molecule has 0 amide bonds. The summed E-state index contributed by atoms with van der Waals surface area (Å²) in [4.78, 5) is 0. The lowest BCUT2D eigenvalue weighted by molar-refractivity contribution is -0.0379. The molecule has 0 aliphatic heterocycles. The number of ether oxygens (including phenoxy) is 1. The van der Waals surface area contributed by atoms with E-state index in [-0.39, 0.29) is 5.60 Å². The molecule has 0 saturated heterocycles. The summed E-state index contributed by atoms with van der Waals surface area (Å²) in [7, 11) is 4.02. The lowest BCUT2D eigenvalue weighted by Gasteiger charge is -2.39. The number of hydrogen-bond acceptors (Lipinski definition) is 2. The Hall–Kier alpha value is -0.860. The lowest BCUT2D eigenvalue weighted by atomic mass is 9.76. The second kappa shape index (κ2) is 6.50. The van der Waals surface area contributed by atoms with Crippen molar-refractivity contribution in [2.24, 2.45) is 0 Å². The first-order valence-corrected chi connectivity index (χ1v) is 8.59. The molecule has 1 aromatic carbocycles. The first-order chi connectivity index (χ1) is 10.3. The molecule has 2 nitrogen and oxygen atoms in total. The zero-order valence-corrected chi connectivity index (χ0v) is 13.5. The number of fused-ring (bicyclic) bond motifs is 1. The Balaban J connectivity index is 1.79. The summed E-state index contributed by atoms with van der Waals surface area (Å²) in [5, 5.41) is 3.59. The van der Waals surface area contributed by atoms with E-state index in [1.54, 1.807) is 11.1 Å². The van der Waals surface area contributed by atoms with Crippen molar-refractivity contribution in [2.75, 3.05) is 14.2 Å². The van der Waals surface area contributed by atoms with Gasteiger partial charge in [0, 0.05) is 13.2 Å². The first-order valence-electron chi connectivity index (χ1n) is 8.59. The van der Waals surface area contributed by atoms with Gasteiger partial charge < -0.3 is 10.1 Å². The van der Waals surface area contributed by atoms with Crippen LogP contribution in [0, 0.1) is 0 Å². The van der Waals surface area contributed by atoms with Gasteiger partial charge in [0.25, 0.3) is 0 Å². The topological polar surface area (TPSA) is 21.3 Å². The number of hydrogen-bond donors (Lipinski definition) is 1. The minimum atomic E-state index is 0.0706. The van der Waals surface area contributed by atoms with Crippen LogP contribution in [0.2, 0.25) is 0 Å². The van der Waals surface area contributed by atoms with Crippen LogP contribution in [0.25, 0.3) is 0 Å². The summed E-state index contributed by atoms with van der Waals surface area (Å²) in [5.41, 5.74) is 3.23. The third-order valence-electron chi connectivity index (χ3n) is 5.85. The molecule has 0 aromatic heterocycles. The standard InChI is InChI=1S/C19H29NO/c1-20-18(19(21-2)12-5-6-13-19)14-16-10-7-9-15-8-3-4-11-17(15)16/h3-4,8,11,16,18,20H,5-7,9-10,12-14H2,1-2H3. The largest absolute Gasteiger partial charge is 0.377 e. The van der Waals surface area contributed by atoms with E-state index >= 15 is 0 Å². The van der Waals surface area contributed by atoms with Crippen molar-refractivity contribution in [1.29, 1.82) is 0 Å². The summed E-state index contributed by atoms with van der Waals surface area (Å²) in [6.45, 7) is 0. The van der Waals surface area contributed by atoms with Crippen LogP contribution in [0.1, 0.15) is 62.0 Å². The van der Waals surface area contributed by atoms with E-state index in [0.717, 1.165) is 0 Å². The monoisotopic (exact) mass is 287 g/mol. The van der Waals surface area contributed by atoms with Gasteiger partial charge in [0.15, 0.2) is 0 Å². The molecule has 2 heteroatoms. The van der Waals surface area contributed by atoms with Crippen LogP contribution in [0.3, 0.4) is 0 Å². The number of methoxy groups -OCH3 is 1. The van der Waals surface area contributed by atoms with Crippen molar-refractivity contribution in [3.05, 3.63) is 35.4 Å². The van der Waals surface area contributed by atoms with Gasteiger partial charge in [-0.15, -0.1) is 0 Å². The maximum absolute atomic E-state index is 6.02. The molecule has 2 atom stereocenters. The fourth-order valence-corrected chi connectivity index (χ4v) is 4.65. The Labute approximate surface area is 129 Å². The molecule has 1 fully saturated rings. The van der Waals surface area contributed by atoms with Crippen LogP contribution in [0.15, 0.2) is 24.3 Å². The Kier molecular flexibility index (Phi) is 4.66. The van der Waals surface area contributed by atoms with Gasteiger partial charge in [-0.25, -0.2) is 0 Å².